The maximum absolute atomic E-state index is 7.07. The second-order valence-electron chi connectivity index (χ2n) is 1.59. The molecule has 1 aromatic rings. The molecular formula is C6H7N2Y-. The van der Waals surface area contributed by atoms with E-state index < -0.39 is 0 Å². The van der Waals surface area contributed by atoms with E-state index in [2.05, 4.69) is 16.0 Å². The maximum atomic E-state index is 7.07. The Morgan fingerprint density at radius 2 is 2.33 bits per heavy atom. The van der Waals surface area contributed by atoms with Crippen molar-refractivity contribution in [2.75, 3.05) is 0 Å². The number of hydrogen-bond acceptors (Lipinski definition) is 2. The summed E-state index contributed by atoms with van der Waals surface area (Å²) in [5, 5.41) is 0. The van der Waals surface area contributed by atoms with Gasteiger partial charge in [-0.25, -0.2) is 0 Å². The first kappa shape index (κ1) is 7.29. The zero-order valence-corrected chi connectivity index (χ0v) is 8.31. The predicted molar refractivity (Wildman–Crippen MR) is 30.3 cm³/mol. The molecule has 0 saturated carbocycles. The van der Waals surface area contributed by atoms with Crippen molar-refractivity contribution in [3.8, 4) is 0 Å². The van der Waals surface area contributed by atoms with Crippen molar-refractivity contribution in [1.29, 1.82) is 0 Å². The van der Waals surface area contributed by atoms with Gasteiger partial charge in [-0.05, 0) is 6.92 Å². The van der Waals surface area contributed by atoms with Gasteiger partial charge in [0.15, 0.2) is 0 Å². The molecule has 0 saturated heterocycles. The number of hydrogen-bond donors (Lipinski definition) is 0. The van der Waals surface area contributed by atoms with Crippen LogP contribution in [0.5, 0.6) is 0 Å². The molecule has 0 spiro atoms. The molecule has 0 amide bonds. The van der Waals surface area contributed by atoms with Gasteiger partial charge in [-0.15, -0.1) is 11.9 Å². The van der Waals surface area contributed by atoms with E-state index >= 15 is 0 Å². The Labute approximate surface area is 81.4 Å². The molecule has 0 aliphatic carbocycles. The summed E-state index contributed by atoms with van der Waals surface area (Å²) in [5.41, 5.74) is 0.729. The van der Waals surface area contributed by atoms with Crippen LogP contribution in [0, 0.1) is 19.9 Å². The fourth-order valence-corrected chi connectivity index (χ4v) is 0.485. The molecule has 45 valence electrons. The van der Waals surface area contributed by atoms with Crippen molar-refractivity contribution in [3.63, 3.8) is 0 Å². The van der Waals surface area contributed by atoms with Gasteiger partial charge in [-0.2, -0.15) is 0 Å². The predicted octanol–water partition coefficient (Wildman–Crippen LogP) is 0.891. The van der Waals surface area contributed by atoms with Crippen LogP contribution in [0.3, 0.4) is 0 Å². The van der Waals surface area contributed by atoms with Crippen LogP contribution in [0.4, 0.5) is 0 Å². The molecule has 1 aromatic heterocycles. The van der Waals surface area contributed by atoms with Gasteiger partial charge in [0.25, 0.3) is 0 Å². The fourth-order valence-electron chi connectivity index (χ4n) is 0.485. The van der Waals surface area contributed by atoms with E-state index in [1.165, 1.54) is 0 Å². The molecule has 0 N–H and O–H groups in total. The Hall–Kier alpha value is 0.184. The summed E-state index contributed by atoms with van der Waals surface area (Å²) >= 11 is 0. The fraction of sp³-hybridized carbons (Fsp3) is 0.333. The first-order valence-corrected chi connectivity index (χ1v) is 2.39. The van der Waals surface area contributed by atoms with E-state index in [0.717, 1.165) is 5.69 Å². The molecule has 0 fully saturated rings. The van der Waals surface area contributed by atoms with Crippen LogP contribution in [0.1, 0.15) is 12.9 Å². The third-order valence-electron chi connectivity index (χ3n) is 0.784. The van der Waals surface area contributed by atoms with Crippen LogP contribution in [0.2, 0.25) is 0 Å². The van der Waals surface area contributed by atoms with Crippen molar-refractivity contribution in [2.45, 2.75) is 13.8 Å². The maximum Gasteiger partial charge on any atom is 0.118 e. The third-order valence-corrected chi connectivity index (χ3v) is 0.784. The van der Waals surface area contributed by atoms with Gasteiger partial charge in [-0.1, -0.05) is 6.92 Å². The van der Waals surface area contributed by atoms with E-state index in [0.29, 0.717) is 5.82 Å². The van der Waals surface area contributed by atoms with Crippen molar-refractivity contribution in [3.05, 3.63) is 23.8 Å². The number of aryl methyl sites for hydroxylation is 2. The summed E-state index contributed by atoms with van der Waals surface area (Å²) in [7, 11) is 0. The van der Waals surface area contributed by atoms with E-state index in [1.54, 1.807) is 13.8 Å². The molecule has 0 bridgehead atoms. The van der Waals surface area contributed by atoms with Gasteiger partial charge in [0.1, 0.15) is 5.82 Å². The topological polar surface area (TPSA) is 25.8 Å². The van der Waals surface area contributed by atoms with Crippen LogP contribution in [0.15, 0.2) is 6.17 Å². The minimum absolute atomic E-state index is 0. The van der Waals surface area contributed by atoms with Gasteiger partial charge in [0, 0.05) is 34.1 Å². The molecule has 1 heterocycles. The molecular weight excluding hydrogens is 189 g/mol. The van der Waals surface area contributed by atoms with Crippen molar-refractivity contribution < 1.29 is 34.1 Å². The quantitative estimate of drug-likeness (QED) is 0.578. The van der Waals surface area contributed by atoms with Gasteiger partial charge in [-0.3, -0.25) is 9.97 Å². The number of aromatic nitrogens is 2. The smallest absolute Gasteiger partial charge is 0.118 e. The second kappa shape index (κ2) is 4.07. The summed E-state index contributed by atoms with van der Waals surface area (Å²) in [6.45, 7) is 3.56. The Kier molecular flexibility index (Phi) is 3.30. The number of rotatable bonds is 0. The normalized spacial score (nSPS) is 9.78. The zero-order chi connectivity index (χ0) is 6.85. The van der Waals surface area contributed by atoms with Crippen LogP contribution in [-0.2, 0) is 32.7 Å². The molecule has 1 radical (unpaired) electrons. The Morgan fingerprint density at radius 3 is 2.78 bits per heavy atom. The molecule has 3 heteroatoms. The van der Waals surface area contributed by atoms with E-state index in [4.69, 9.17) is 1.37 Å². The molecule has 0 aliphatic rings. The third kappa shape index (κ3) is 3.02. The molecule has 0 aromatic carbocycles. The molecule has 1 rings (SSSR count). The van der Waals surface area contributed by atoms with Crippen molar-refractivity contribution in [1.82, 2.24) is 9.97 Å². The average molecular weight is 198 g/mol. The van der Waals surface area contributed by atoms with Gasteiger partial charge in [0.05, 0.1) is 0 Å². The summed E-state index contributed by atoms with van der Waals surface area (Å²) in [5.74, 6) is 0.635. The Balaban J connectivity index is 0.000000810. The summed E-state index contributed by atoms with van der Waals surface area (Å²) < 4.78 is 7.07. The molecule has 9 heavy (non-hydrogen) atoms. The molecule has 0 aliphatic heterocycles. The van der Waals surface area contributed by atoms with Crippen LogP contribution in [-0.4, -0.2) is 9.97 Å². The van der Waals surface area contributed by atoms with Crippen molar-refractivity contribution in [2.24, 2.45) is 0 Å². The van der Waals surface area contributed by atoms with E-state index in [9.17, 15) is 0 Å². The van der Waals surface area contributed by atoms with E-state index in [1.807, 2.05) is 0 Å². The van der Waals surface area contributed by atoms with Crippen LogP contribution < -0.4 is 0 Å². The standard InChI is InChI=1S/C6H7N2.Y/c1-5-3-4-7-6(2)8-5;/h4H,1-2H3;/q-1;/i4T;. The Bertz CT molecular complexity index is 177. The molecule has 0 unspecified atom stereocenters. The largest absolute Gasteiger partial charge is 0.430 e. The Morgan fingerprint density at radius 1 is 1.67 bits per heavy atom. The van der Waals surface area contributed by atoms with Crippen LogP contribution in [0.25, 0.3) is 0 Å². The molecule has 2 nitrogen and oxygen atoms in total. The summed E-state index contributed by atoms with van der Waals surface area (Å²) in [6.07, 6.45) is 0.167. The number of nitrogens with zero attached hydrogens (tertiary/aromatic N) is 2. The van der Waals surface area contributed by atoms with Gasteiger partial charge >= 0.3 is 0 Å². The monoisotopic (exact) mass is 198 g/mol. The first-order valence-electron chi connectivity index (χ1n) is 2.89. The minimum Gasteiger partial charge on any atom is -0.430 e. The zero-order valence-electron chi connectivity index (χ0n) is 6.47. The van der Waals surface area contributed by atoms with Crippen molar-refractivity contribution >= 4 is 0 Å². The average Bonchev–Trinajstić information content (AvgIpc) is 1.59. The van der Waals surface area contributed by atoms with Crippen LogP contribution >= 0.6 is 0 Å². The second-order valence-corrected chi connectivity index (χ2v) is 1.59. The summed E-state index contributed by atoms with van der Waals surface area (Å²) in [4.78, 5) is 7.68. The molecule has 0 atom stereocenters. The minimum atomic E-state index is 0. The SMILES string of the molecule is [3H]c1[c-]c(C)nc(C)n1.[Y]. The first-order chi connectivity index (χ1) is 4.18. The van der Waals surface area contributed by atoms with E-state index in [-0.39, 0.29) is 38.9 Å². The van der Waals surface area contributed by atoms with Gasteiger partial charge < -0.3 is 6.07 Å². The van der Waals surface area contributed by atoms with Gasteiger partial charge in [0.2, 0.25) is 0 Å². The summed E-state index contributed by atoms with van der Waals surface area (Å²) in [6, 6.07) is 2.66.